The molecular formula is C11H8ClN3S2. The van der Waals surface area contributed by atoms with Crippen molar-refractivity contribution in [1.82, 2.24) is 14.5 Å². The lowest BCUT2D eigenvalue weighted by Gasteiger charge is -2.01. The third-order valence-electron chi connectivity index (χ3n) is 2.50. The maximum absolute atomic E-state index is 5.90. The Morgan fingerprint density at radius 3 is 3.18 bits per heavy atom. The molecule has 0 fully saturated rings. The standard InChI is InChI=1S/C11H8ClN3S2/c12-8-3-9-10(13-4-8)15(11(16)14-9)5-7-1-2-17-6-7/h1-4,6H,5H2,(H,14,16). The molecule has 0 amide bonds. The van der Waals surface area contributed by atoms with Crippen molar-refractivity contribution in [2.75, 3.05) is 0 Å². The number of rotatable bonds is 2. The Labute approximate surface area is 112 Å². The lowest BCUT2D eigenvalue weighted by molar-refractivity contribution is 0.803. The Kier molecular flexibility index (Phi) is 2.74. The predicted octanol–water partition coefficient (Wildman–Crippen LogP) is 3.86. The van der Waals surface area contributed by atoms with Gasteiger partial charge in [0.25, 0.3) is 0 Å². The normalized spacial score (nSPS) is 11.1. The molecule has 1 N–H and O–H groups in total. The summed E-state index contributed by atoms with van der Waals surface area (Å²) < 4.78 is 2.64. The zero-order valence-corrected chi connectivity index (χ0v) is 11.1. The molecule has 0 saturated carbocycles. The van der Waals surface area contributed by atoms with E-state index in [4.69, 9.17) is 23.8 Å². The molecule has 0 aromatic carbocycles. The SMILES string of the molecule is S=c1[nH]c2cc(Cl)cnc2n1Cc1ccsc1. The molecule has 86 valence electrons. The van der Waals surface area contributed by atoms with Crippen LogP contribution in [0, 0.1) is 4.77 Å². The van der Waals surface area contributed by atoms with Crippen LogP contribution in [0.4, 0.5) is 0 Å². The molecule has 0 aliphatic carbocycles. The van der Waals surface area contributed by atoms with Crippen LogP contribution in [0.1, 0.15) is 5.56 Å². The van der Waals surface area contributed by atoms with Gasteiger partial charge < -0.3 is 4.98 Å². The molecule has 0 aliphatic heterocycles. The van der Waals surface area contributed by atoms with Gasteiger partial charge in [0.1, 0.15) is 0 Å². The lowest BCUT2D eigenvalue weighted by atomic mass is 10.3. The number of hydrogen-bond acceptors (Lipinski definition) is 3. The second-order valence-electron chi connectivity index (χ2n) is 3.67. The van der Waals surface area contributed by atoms with Gasteiger partial charge in [0.15, 0.2) is 10.4 Å². The minimum absolute atomic E-state index is 0.608. The van der Waals surface area contributed by atoms with Gasteiger partial charge in [0, 0.05) is 6.20 Å². The zero-order valence-electron chi connectivity index (χ0n) is 8.68. The fraction of sp³-hybridized carbons (Fsp3) is 0.0909. The Bertz CT molecular complexity index is 712. The number of thiophene rings is 1. The predicted molar refractivity (Wildman–Crippen MR) is 73.3 cm³/mol. The van der Waals surface area contributed by atoms with Gasteiger partial charge in [0.05, 0.1) is 17.1 Å². The third-order valence-corrected chi connectivity index (χ3v) is 3.76. The summed E-state index contributed by atoms with van der Waals surface area (Å²) >= 11 is 12.9. The molecule has 3 aromatic heterocycles. The number of aromatic nitrogens is 3. The fourth-order valence-electron chi connectivity index (χ4n) is 1.73. The van der Waals surface area contributed by atoms with Gasteiger partial charge >= 0.3 is 0 Å². The van der Waals surface area contributed by atoms with Crippen molar-refractivity contribution < 1.29 is 0 Å². The van der Waals surface area contributed by atoms with Crippen LogP contribution in [-0.2, 0) is 6.54 Å². The van der Waals surface area contributed by atoms with Crippen molar-refractivity contribution in [3.8, 4) is 0 Å². The zero-order chi connectivity index (χ0) is 11.8. The Hall–Kier alpha value is -1.17. The van der Waals surface area contributed by atoms with Crippen molar-refractivity contribution in [3.63, 3.8) is 0 Å². The summed E-state index contributed by atoms with van der Waals surface area (Å²) in [6.07, 6.45) is 1.64. The van der Waals surface area contributed by atoms with Gasteiger partial charge in [-0.05, 0) is 40.7 Å². The average molecular weight is 282 g/mol. The molecule has 0 aliphatic rings. The third kappa shape index (κ3) is 2.01. The van der Waals surface area contributed by atoms with Crippen LogP contribution < -0.4 is 0 Å². The first-order chi connectivity index (χ1) is 8.24. The van der Waals surface area contributed by atoms with E-state index in [9.17, 15) is 0 Å². The number of halogens is 1. The second-order valence-corrected chi connectivity index (χ2v) is 5.28. The summed E-state index contributed by atoms with van der Waals surface area (Å²) in [4.78, 5) is 7.43. The molecular weight excluding hydrogens is 274 g/mol. The van der Waals surface area contributed by atoms with Crippen LogP contribution >= 0.6 is 35.2 Å². The summed E-state index contributed by atoms with van der Waals surface area (Å²) in [7, 11) is 0. The van der Waals surface area contributed by atoms with Gasteiger partial charge in [0.2, 0.25) is 0 Å². The van der Waals surface area contributed by atoms with Crippen molar-refractivity contribution >= 4 is 46.3 Å². The molecule has 0 atom stereocenters. The van der Waals surface area contributed by atoms with Crippen LogP contribution in [-0.4, -0.2) is 14.5 Å². The van der Waals surface area contributed by atoms with Crippen molar-refractivity contribution in [2.24, 2.45) is 0 Å². The minimum atomic E-state index is 0.608. The van der Waals surface area contributed by atoms with E-state index < -0.39 is 0 Å². The highest BCUT2D eigenvalue weighted by Crippen LogP contribution is 2.18. The maximum atomic E-state index is 5.90. The van der Waals surface area contributed by atoms with E-state index in [1.165, 1.54) is 5.56 Å². The van der Waals surface area contributed by atoms with Crippen molar-refractivity contribution in [3.05, 3.63) is 44.4 Å². The molecule has 6 heteroatoms. The number of fused-ring (bicyclic) bond motifs is 1. The number of pyridine rings is 1. The van der Waals surface area contributed by atoms with E-state index in [0.29, 0.717) is 9.79 Å². The summed E-state index contributed by atoms with van der Waals surface area (Å²) in [6.45, 7) is 0.733. The molecule has 3 aromatic rings. The molecule has 0 unspecified atom stereocenters. The smallest absolute Gasteiger partial charge is 0.179 e. The molecule has 3 rings (SSSR count). The van der Waals surface area contributed by atoms with E-state index in [1.54, 1.807) is 17.5 Å². The maximum Gasteiger partial charge on any atom is 0.179 e. The number of imidazole rings is 1. The highest BCUT2D eigenvalue weighted by atomic mass is 35.5. The number of nitrogens with one attached hydrogen (secondary N) is 1. The summed E-state index contributed by atoms with van der Waals surface area (Å²) in [5.74, 6) is 0. The van der Waals surface area contributed by atoms with Gasteiger partial charge in [-0.2, -0.15) is 11.3 Å². The summed E-state index contributed by atoms with van der Waals surface area (Å²) in [6, 6.07) is 3.92. The summed E-state index contributed by atoms with van der Waals surface area (Å²) in [5.41, 5.74) is 2.94. The average Bonchev–Trinajstić information content (AvgIpc) is 2.88. The van der Waals surface area contributed by atoms with E-state index in [-0.39, 0.29) is 0 Å². The molecule has 3 heterocycles. The van der Waals surface area contributed by atoms with Gasteiger partial charge in [-0.25, -0.2) is 4.98 Å². The number of H-pyrrole nitrogens is 1. The van der Waals surface area contributed by atoms with Crippen LogP contribution in [0.5, 0.6) is 0 Å². The van der Waals surface area contributed by atoms with Crippen LogP contribution in [0.15, 0.2) is 29.1 Å². The molecule has 17 heavy (non-hydrogen) atoms. The van der Waals surface area contributed by atoms with Crippen LogP contribution in [0.3, 0.4) is 0 Å². The second kappa shape index (κ2) is 4.25. The monoisotopic (exact) mass is 281 g/mol. The largest absolute Gasteiger partial charge is 0.329 e. The highest BCUT2D eigenvalue weighted by molar-refractivity contribution is 7.71. The Morgan fingerprint density at radius 2 is 2.41 bits per heavy atom. The highest BCUT2D eigenvalue weighted by Gasteiger charge is 2.07. The van der Waals surface area contributed by atoms with Gasteiger partial charge in [-0.3, -0.25) is 4.57 Å². The topological polar surface area (TPSA) is 33.6 Å². The molecule has 3 nitrogen and oxygen atoms in total. The van der Waals surface area contributed by atoms with Crippen LogP contribution in [0.2, 0.25) is 5.02 Å². The summed E-state index contributed by atoms with van der Waals surface area (Å²) in [5, 5.41) is 4.77. The molecule has 0 saturated heterocycles. The molecule has 0 bridgehead atoms. The first-order valence-corrected chi connectivity index (χ1v) is 6.72. The number of nitrogens with zero attached hydrogens (tertiary/aromatic N) is 2. The number of aromatic amines is 1. The fourth-order valence-corrected chi connectivity index (χ4v) is 2.81. The Balaban J connectivity index is 2.16. The first-order valence-electron chi connectivity index (χ1n) is 4.99. The minimum Gasteiger partial charge on any atom is -0.329 e. The lowest BCUT2D eigenvalue weighted by Crippen LogP contribution is -1.99. The Morgan fingerprint density at radius 1 is 1.53 bits per heavy atom. The van der Waals surface area contributed by atoms with Gasteiger partial charge in [-0.15, -0.1) is 0 Å². The van der Waals surface area contributed by atoms with Crippen LogP contribution in [0.25, 0.3) is 11.2 Å². The molecule has 0 radical (unpaired) electrons. The first kappa shape index (κ1) is 11.0. The van der Waals surface area contributed by atoms with E-state index in [0.717, 1.165) is 17.7 Å². The van der Waals surface area contributed by atoms with Crippen molar-refractivity contribution in [2.45, 2.75) is 6.54 Å². The quantitative estimate of drug-likeness (QED) is 0.724. The van der Waals surface area contributed by atoms with Gasteiger partial charge in [-0.1, -0.05) is 11.6 Å². The van der Waals surface area contributed by atoms with E-state index >= 15 is 0 Å². The molecule has 0 spiro atoms. The van der Waals surface area contributed by atoms with E-state index in [1.807, 2.05) is 10.6 Å². The number of hydrogen-bond donors (Lipinski definition) is 1. The van der Waals surface area contributed by atoms with E-state index in [2.05, 4.69) is 26.8 Å². The van der Waals surface area contributed by atoms with Crippen molar-refractivity contribution in [1.29, 1.82) is 0 Å².